The van der Waals surface area contributed by atoms with E-state index in [1.807, 2.05) is 26.1 Å². The molecule has 0 saturated heterocycles. The van der Waals surface area contributed by atoms with Crippen LogP contribution in [0, 0.1) is 12.8 Å². The van der Waals surface area contributed by atoms with Gasteiger partial charge in [0.05, 0.1) is 12.5 Å². The van der Waals surface area contributed by atoms with Crippen molar-refractivity contribution >= 4 is 5.91 Å². The van der Waals surface area contributed by atoms with Gasteiger partial charge in [0.1, 0.15) is 0 Å². The Morgan fingerprint density at radius 2 is 2.28 bits per heavy atom. The molecule has 0 aliphatic heterocycles. The third kappa shape index (κ3) is 5.27. The first-order valence-corrected chi connectivity index (χ1v) is 6.37. The Labute approximate surface area is 108 Å². The van der Waals surface area contributed by atoms with Gasteiger partial charge in [-0.15, -0.1) is 0 Å². The van der Waals surface area contributed by atoms with Gasteiger partial charge in [0.25, 0.3) is 0 Å². The summed E-state index contributed by atoms with van der Waals surface area (Å²) in [7, 11) is 0. The Morgan fingerprint density at radius 1 is 1.56 bits per heavy atom. The molecule has 1 amide bonds. The highest BCUT2D eigenvalue weighted by atomic mass is 16.3. The van der Waals surface area contributed by atoms with E-state index in [-0.39, 0.29) is 12.3 Å². The zero-order chi connectivity index (χ0) is 13.5. The second kappa shape index (κ2) is 7.11. The van der Waals surface area contributed by atoms with E-state index in [0.29, 0.717) is 0 Å². The Bertz CT molecular complexity index is 393. The minimum Gasteiger partial charge on any atom is -0.392 e. The van der Waals surface area contributed by atoms with Crippen molar-refractivity contribution in [3.8, 4) is 0 Å². The smallest absolute Gasteiger partial charge is 0.220 e. The fourth-order valence-electron chi connectivity index (χ4n) is 1.99. The van der Waals surface area contributed by atoms with Crippen LogP contribution >= 0.6 is 0 Å². The lowest BCUT2D eigenvalue weighted by atomic mass is 9.94. The lowest BCUT2D eigenvalue weighted by Gasteiger charge is -2.17. The molecule has 0 aromatic carbocycles. The number of nitrogens with two attached hydrogens (primary N) is 1. The fourth-order valence-corrected chi connectivity index (χ4v) is 1.99. The van der Waals surface area contributed by atoms with E-state index >= 15 is 0 Å². The molecule has 1 aromatic rings. The van der Waals surface area contributed by atoms with E-state index in [1.54, 1.807) is 0 Å². The number of rotatable bonds is 7. The fraction of sp³-hybridized carbons (Fsp3) is 0.571. The molecule has 3 N–H and O–H groups in total. The molecule has 0 fully saturated rings. The number of carbonyl (C=O) groups is 1. The summed E-state index contributed by atoms with van der Waals surface area (Å²) >= 11 is 0. The number of amides is 1. The third-order valence-electron chi connectivity index (χ3n) is 3.15. The predicted octanol–water partition coefficient (Wildman–Crippen LogP) is 1.59. The molecule has 0 aliphatic carbocycles. The van der Waals surface area contributed by atoms with Gasteiger partial charge in [0.2, 0.25) is 5.91 Å². The number of aryl methyl sites for hydroxylation is 2. The van der Waals surface area contributed by atoms with E-state index in [4.69, 9.17) is 5.73 Å². The Morgan fingerprint density at radius 3 is 2.89 bits per heavy atom. The molecule has 0 bridgehead atoms. The van der Waals surface area contributed by atoms with Gasteiger partial charge in [-0.05, 0) is 49.8 Å². The minimum atomic E-state index is -0.623. The number of carbonyl (C=O) groups excluding carboxylic acids is 1. The summed E-state index contributed by atoms with van der Waals surface area (Å²) in [4.78, 5) is 14.9. The number of aliphatic hydroxyl groups is 1. The molecule has 1 heterocycles. The highest BCUT2D eigenvalue weighted by Crippen LogP contribution is 2.15. The van der Waals surface area contributed by atoms with Crippen LogP contribution in [0.4, 0.5) is 0 Å². The first-order chi connectivity index (χ1) is 8.49. The Balaban J connectivity index is 2.31. The molecule has 100 valence electrons. The maximum atomic E-state index is 10.7. The zero-order valence-corrected chi connectivity index (χ0v) is 11.1. The number of hydrogen-bond acceptors (Lipinski definition) is 3. The van der Waals surface area contributed by atoms with Crippen molar-refractivity contribution in [1.29, 1.82) is 0 Å². The van der Waals surface area contributed by atoms with Crippen LogP contribution in [0.25, 0.3) is 0 Å². The minimum absolute atomic E-state index is 0.0511. The number of hydrogen-bond donors (Lipinski definition) is 2. The summed E-state index contributed by atoms with van der Waals surface area (Å²) in [5.41, 5.74) is 7.35. The first kappa shape index (κ1) is 14.6. The van der Waals surface area contributed by atoms with Gasteiger partial charge >= 0.3 is 0 Å². The molecule has 2 atom stereocenters. The van der Waals surface area contributed by atoms with E-state index in [0.717, 1.165) is 25.0 Å². The van der Waals surface area contributed by atoms with E-state index in [1.165, 1.54) is 5.56 Å². The van der Waals surface area contributed by atoms with Crippen LogP contribution in [0.3, 0.4) is 0 Å². The molecular weight excluding hydrogens is 228 g/mol. The highest BCUT2D eigenvalue weighted by Gasteiger charge is 2.16. The topological polar surface area (TPSA) is 76.2 Å². The molecule has 1 aromatic heterocycles. The van der Waals surface area contributed by atoms with Gasteiger partial charge in [0.15, 0.2) is 0 Å². The quantitative estimate of drug-likeness (QED) is 0.771. The van der Waals surface area contributed by atoms with Crippen LogP contribution in [0.15, 0.2) is 18.3 Å². The number of pyridine rings is 1. The molecule has 1 rings (SSSR count). The first-order valence-electron chi connectivity index (χ1n) is 6.37. The van der Waals surface area contributed by atoms with Gasteiger partial charge in [-0.3, -0.25) is 9.78 Å². The molecule has 0 saturated carbocycles. The van der Waals surface area contributed by atoms with Crippen LogP contribution in [0.5, 0.6) is 0 Å². The average molecular weight is 250 g/mol. The van der Waals surface area contributed by atoms with Crippen molar-refractivity contribution < 1.29 is 9.90 Å². The molecule has 0 spiro atoms. The maximum absolute atomic E-state index is 10.7. The molecule has 18 heavy (non-hydrogen) atoms. The van der Waals surface area contributed by atoms with Crippen molar-refractivity contribution in [3.05, 3.63) is 29.6 Å². The number of aliphatic hydroxyl groups excluding tert-OH is 1. The largest absolute Gasteiger partial charge is 0.392 e. The van der Waals surface area contributed by atoms with Crippen molar-refractivity contribution in [1.82, 2.24) is 4.98 Å². The monoisotopic (exact) mass is 250 g/mol. The molecular formula is C14H22N2O2. The van der Waals surface area contributed by atoms with Crippen LogP contribution in [-0.2, 0) is 11.2 Å². The number of nitrogens with zero attached hydrogens (tertiary/aromatic N) is 1. The van der Waals surface area contributed by atoms with E-state index < -0.39 is 12.0 Å². The van der Waals surface area contributed by atoms with Crippen LogP contribution < -0.4 is 5.73 Å². The Hall–Kier alpha value is -1.42. The third-order valence-corrected chi connectivity index (χ3v) is 3.15. The summed E-state index contributed by atoms with van der Waals surface area (Å²) in [6, 6.07) is 4.09. The average Bonchev–Trinajstić information content (AvgIpc) is 2.28. The summed E-state index contributed by atoms with van der Waals surface area (Å²) in [6.45, 7) is 3.92. The van der Waals surface area contributed by atoms with Gasteiger partial charge in [-0.25, -0.2) is 0 Å². The molecule has 0 aliphatic rings. The number of primary amides is 1. The van der Waals surface area contributed by atoms with Gasteiger partial charge in [0, 0.05) is 11.9 Å². The van der Waals surface area contributed by atoms with Crippen molar-refractivity contribution in [3.63, 3.8) is 0 Å². The van der Waals surface area contributed by atoms with E-state index in [9.17, 15) is 9.90 Å². The maximum Gasteiger partial charge on any atom is 0.220 e. The second-order valence-electron chi connectivity index (χ2n) is 4.91. The zero-order valence-electron chi connectivity index (χ0n) is 11.1. The molecule has 4 nitrogen and oxygen atoms in total. The Kier molecular flexibility index (Phi) is 5.78. The lowest BCUT2D eigenvalue weighted by molar-refractivity contribution is -0.120. The van der Waals surface area contributed by atoms with Gasteiger partial charge in [-0.2, -0.15) is 0 Å². The molecule has 0 radical (unpaired) electrons. The summed E-state index contributed by atoms with van der Waals surface area (Å²) in [5, 5.41) is 9.72. The van der Waals surface area contributed by atoms with Crippen LogP contribution in [-0.4, -0.2) is 22.1 Å². The van der Waals surface area contributed by atoms with Crippen molar-refractivity contribution in [2.75, 3.05) is 0 Å². The SMILES string of the molecule is Cc1cc(CCC[C@@H](C)[C@@H](O)CC(N)=O)ccn1. The van der Waals surface area contributed by atoms with E-state index in [2.05, 4.69) is 11.1 Å². The highest BCUT2D eigenvalue weighted by molar-refractivity contribution is 5.74. The molecule has 0 unspecified atom stereocenters. The van der Waals surface area contributed by atoms with Crippen molar-refractivity contribution in [2.45, 2.75) is 45.6 Å². The normalized spacial score (nSPS) is 14.2. The van der Waals surface area contributed by atoms with Crippen LogP contribution in [0.2, 0.25) is 0 Å². The second-order valence-corrected chi connectivity index (χ2v) is 4.91. The number of aromatic nitrogens is 1. The summed E-state index contributed by atoms with van der Waals surface area (Å²) in [5.74, 6) is -0.348. The summed E-state index contributed by atoms with van der Waals surface area (Å²) in [6.07, 6.45) is 4.08. The lowest BCUT2D eigenvalue weighted by Crippen LogP contribution is -2.25. The van der Waals surface area contributed by atoms with Gasteiger partial charge < -0.3 is 10.8 Å². The predicted molar refractivity (Wildman–Crippen MR) is 70.9 cm³/mol. The molecule has 4 heteroatoms. The van der Waals surface area contributed by atoms with Crippen LogP contribution in [0.1, 0.15) is 37.4 Å². The van der Waals surface area contributed by atoms with Gasteiger partial charge in [-0.1, -0.05) is 6.92 Å². The standard InChI is InChI=1S/C14H22N2O2/c1-10(13(17)9-14(15)18)4-3-5-12-6-7-16-11(2)8-12/h6-8,10,13,17H,3-5,9H2,1-2H3,(H2,15,18)/t10-,13+/m1/s1. The summed E-state index contributed by atoms with van der Waals surface area (Å²) < 4.78 is 0. The van der Waals surface area contributed by atoms with Crippen molar-refractivity contribution in [2.24, 2.45) is 11.7 Å².